The van der Waals surface area contributed by atoms with Gasteiger partial charge >= 0.3 is 0 Å². The number of amides is 1. The number of aromatic nitrogens is 1. The van der Waals surface area contributed by atoms with Crippen LogP contribution in [-0.2, 0) is 0 Å². The van der Waals surface area contributed by atoms with Crippen LogP contribution in [0.4, 0.5) is 17.2 Å². The Bertz CT molecular complexity index is 995. The molecule has 0 fully saturated rings. The van der Waals surface area contributed by atoms with Gasteiger partial charge in [0.15, 0.2) is 11.5 Å². The average Bonchev–Trinajstić information content (AvgIpc) is 2.74. The Morgan fingerprint density at radius 1 is 0.931 bits per heavy atom. The van der Waals surface area contributed by atoms with E-state index in [1.54, 1.807) is 30.5 Å². The minimum Gasteiger partial charge on any atom is -0.493 e. The van der Waals surface area contributed by atoms with Crippen LogP contribution in [0.3, 0.4) is 0 Å². The van der Waals surface area contributed by atoms with E-state index in [1.165, 1.54) is 21.3 Å². The van der Waals surface area contributed by atoms with Crippen LogP contribution in [0.1, 0.15) is 15.9 Å². The van der Waals surface area contributed by atoms with Gasteiger partial charge < -0.3 is 24.8 Å². The lowest BCUT2D eigenvalue weighted by Gasteiger charge is -2.15. The van der Waals surface area contributed by atoms with Crippen molar-refractivity contribution in [3.05, 3.63) is 65.9 Å². The van der Waals surface area contributed by atoms with Gasteiger partial charge in [0.1, 0.15) is 5.82 Å². The molecule has 3 aromatic rings. The zero-order valence-corrected chi connectivity index (χ0v) is 16.8. The highest BCUT2D eigenvalue weighted by molar-refractivity contribution is 6.05. The van der Waals surface area contributed by atoms with Crippen LogP contribution in [0.15, 0.2) is 54.7 Å². The molecule has 1 amide bonds. The Balaban J connectivity index is 1.82. The summed E-state index contributed by atoms with van der Waals surface area (Å²) in [4.78, 5) is 17.1. The first-order valence-corrected chi connectivity index (χ1v) is 8.95. The highest BCUT2D eigenvalue weighted by Crippen LogP contribution is 2.40. The Hall–Kier alpha value is -3.74. The van der Waals surface area contributed by atoms with E-state index in [9.17, 15) is 4.79 Å². The van der Waals surface area contributed by atoms with E-state index in [0.717, 1.165) is 11.3 Å². The smallest absolute Gasteiger partial charge is 0.255 e. The van der Waals surface area contributed by atoms with Crippen LogP contribution in [0.5, 0.6) is 17.2 Å². The van der Waals surface area contributed by atoms with Gasteiger partial charge in [-0.1, -0.05) is 18.2 Å². The Labute approximate surface area is 169 Å². The molecule has 150 valence electrons. The van der Waals surface area contributed by atoms with Gasteiger partial charge in [-0.2, -0.15) is 0 Å². The van der Waals surface area contributed by atoms with Gasteiger partial charge in [-0.15, -0.1) is 0 Å². The lowest BCUT2D eigenvalue weighted by molar-refractivity contribution is 0.102. The summed E-state index contributed by atoms with van der Waals surface area (Å²) in [5, 5.41) is 6.09. The molecule has 0 saturated carbocycles. The molecule has 0 aliphatic carbocycles. The molecule has 0 aliphatic heterocycles. The quantitative estimate of drug-likeness (QED) is 0.619. The maximum Gasteiger partial charge on any atom is 0.255 e. The van der Waals surface area contributed by atoms with E-state index >= 15 is 0 Å². The van der Waals surface area contributed by atoms with Gasteiger partial charge in [-0.25, -0.2) is 4.98 Å². The van der Waals surface area contributed by atoms with Crippen LogP contribution >= 0.6 is 0 Å². The number of carbonyl (C=O) groups is 1. The lowest BCUT2D eigenvalue weighted by atomic mass is 10.2. The minimum absolute atomic E-state index is 0.283. The number of carbonyl (C=O) groups excluding carboxylic acids is 1. The van der Waals surface area contributed by atoms with E-state index in [2.05, 4.69) is 15.6 Å². The molecule has 0 radical (unpaired) electrons. The Kier molecular flexibility index (Phi) is 6.19. The summed E-state index contributed by atoms with van der Waals surface area (Å²) in [6.07, 6.45) is 1.59. The van der Waals surface area contributed by atoms with Crippen molar-refractivity contribution >= 4 is 23.1 Å². The summed E-state index contributed by atoms with van der Waals surface area (Å²) < 4.78 is 16.0. The summed E-state index contributed by atoms with van der Waals surface area (Å²) in [6, 6.07) is 14.6. The van der Waals surface area contributed by atoms with E-state index in [4.69, 9.17) is 14.2 Å². The standard InChI is InChI=1S/C22H23N3O4/c1-14-7-5-6-8-17(14)25-20-11-15(9-10-23-20)22(26)24-16-12-18(27-2)21(29-4)19(13-16)28-3/h5-13H,1-4H3,(H,23,25)(H,24,26). The molecule has 0 aliphatic rings. The van der Waals surface area contributed by atoms with Crippen LogP contribution in [-0.4, -0.2) is 32.2 Å². The highest BCUT2D eigenvalue weighted by atomic mass is 16.5. The second kappa shape index (κ2) is 8.97. The number of nitrogens with one attached hydrogen (secondary N) is 2. The van der Waals surface area contributed by atoms with Crippen LogP contribution in [0.25, 0.3) is 0 Å². The number of methoxy groups -OCH3 is 3. The number of benzene rings is 2. The predicted molar refractivity (Wildman–Crippen MR) is 113 cm³/mol. The second-order valence-corrected chi connectivity index (χ2v) is 6.24. The Morgan fingerprint density at radius 2 is 1.62 bits per heavy atom. The molecule has 0 atom stereocenters. The third-order valence-electron chi connectivity index (χ3n) is 4.35. The van der Waals surface area contributed by atoms with E-state index < -0.39 is 0 Å². The molecule has 7 heteroatoms. The van der Waals surface area contributed by atoms with Gasteiger partial charge in [0.05, 0.1) is 21.3 Å². The first-order valence-electron chi connectivity index (χ1n) is 8.95. The number of para-hydroxylation sites is 1. The fourth-order valence-electron chi connectivity index (χ4n) is 2.85. The molecule has 7 nitrogen and oxygen atoms in total. The van der Waals surface area contributed by atoms with Crippen molar-refractivity contribution < 1.29 is 19.0 Å². The van der Waals surface area contributed by atoms with Gasteiger partial charge in [0, 0.05) is 35.3 Å². The van der Waals surface area contributed by atoms with Crippen molar-refractivity contribution in [3.63, 3.8) is 0 Å². The zero-order valence-electron chi connectivity index (χ0n) is 16.8. The molecular formula is C22H23N3O4. The van der Waals surface area contributed by atoms with E-state index in [0.29, 0.717) is 34.3 Å². The Morgan fingerprint density at radius 3 is 2.24 bits per heavy atom. The molecule has 1 heterocycles. The van der Waals surface area contributed by atoms with Crippen molar-refractivity contribution in [2.24, 2.45) is 0 Å². The predicted octanol–water partition coefficient (Wildman–Crippen LogP) is 4.41. The summed E-state index contributed by atoms with van der Waals surface area (Å²) in [6.45, 7) is 2.00. The molecular weight excluding hydrogens is 370 g/mol. The largest absolute Gasteiger partial charge is 0.493 e. The maximum absolute atomic E-state index is 12.8. The molecule has 1 aromatic heterocycles. The highest BCUT2D eigenvalue weighted by Gasteiger charge is 2.15. The number of ether oxygens (including phenoxy) is 3. The van der Waals surface area contributed by atoms with E-state index in [-0.39, 0.29) is 5.91 Å². The zero-order chi connectivity index (χ0) is 20.8. The van der Waals surface area contributed by atoms with Crippen LogP contribution in [0.2, 0.25) is 0 Å². The first kappa shape index (κ1) is 20.0. The van der Waals surface area contributed by atoms with Crippen molar-refractivity contribution in [1.29, 1.82) is 0 Å². The summed E-state index contributed by atoms with van der Waals surface area (Å²) in [5.74, 6) is 1.67. The number of hydrogen-bond acceptors (Lipinski definition) is 6. The number of pyridine rings is 1. The van der Waals surface area contributed by atoms with Gasteiger partial charge in [0.2, 0.25) is 5.75 Å². The van der Waals surface area contributed by atoms with Crippen LogP contribution < -0.4 is 24.8 Å². The molecule has 2 aromatic carbocycles. The molecule has 0 bridgehead atoms. The number of rotatable bonds is 7. The third-order valence-corrected chi connectivity index (χ3v) is 4.35. The van der Waals surface area contributed by atoms with Gasteiger partial charge in [-0.05, 0) is 30.7 Å². The summed E-state index contributed by atoms with van der Waals surface area (Å²) in [5.41, 5.74) is 3.00. The van der Waals surface area contributed by atoms with Gasteiger partial charge in [0.25, 0.3) is 5.91 Å². The molecule has 0 spiro atoms. The van der Waals surface area contributed by atoms with Crippen molar-refractivity contribution in [1.82, 2.24) is 4.98 Å². The minimum atomic E-state index is -0.283. The second-order valence-electron chi connectivity index (χ2n) is 6.24. The average molecular weight is 393 g/mol. The summed E-state index contributed by atoms with van der Waals surface area (Å²) in [7, 11) is 4.57. The molecule has 0 unspecified atom stereocenters. The fourth-order valence-corrected chi connectivity index (χ4v) is 2.85. The fraction of sp³-hybridized carbons (Fsp3) is 0.182. The van der Waals surface area contributed by atoms with Crippen molar-refractivity contribution in [3.8, 4) is 17.2 Å². The van der Waals surface area contributed by atoms with Gasteiger partial charge in [-0.3, -0.25) is 4.79 Å². The molecule has 0 saturated heterocycles. The molecule has 29 heavy (non-hydrogen) atoms. The monoisotopic (exact) mass is 393 g/mol. The number of nitrogens with zero attached hydrogens (tertiary/aromatic N) is 1. The SMILES string of the molecule is COc1cc(NC(=O)c2ccnc(Nc3ccccc3C)c2)cc(OC)c1OC. The summed E-state index contributed by atoms with van der Waals surface area (Å²) >= 11 is 0. The lowest BCUT2D eigenvalue weighted by Crippen LogP contribution is -2.13. The number of hydrogen-bond donors (Lipinski definition) is 2. The normalized spacial score (nSPS) is 10.2. The van der Waals surface area contributed by atoms with Crippen LogP contribution in [0, 0.1) is 6.92 Å². The molecule has 3 rings (SSSR count). The maximum atomic E-state index is 12.8. The molecule has 2 N–H and O–H groups in total. The number of aryl methyl sites for hydroxylation is 1. The van der Waals surface area contributed by atoms with E-state index in [1.807, 2.05) is 31.2 Å². The van der Waals surface area contributed by atoms with Crippen molar-refractivity contribution in [2.45, 2.75) is 6.92 Å². The number of anilines is 3. The van der Waals surface area contributed by atoms with Crippen molar-refractivity contribution in [2.75, 3.05) is 32.0 Å². The topological polar surface area (TPSA) is 81.7 Å². The first-order chi connectivity index (χ1) is 14.0. The third kappa shape index (κ3) is 4.57.